The molecule has 0 radical (unpaired) electrons. The van der Waals surface area contributed by atoms with Gasteiger partial charge in [0.15, 0.2) is 0 Å². The van der Waals surface area contributed by atoms with Gasteiger partial charge >= 0.3 is 11.9 Å². The first-order valence-electron chi connectivity index (χ1n) is 4.65. The summed E-state index contributed by atoms with van der Waals surface area (Å²) in [6.45, 7) is 3.03. The van der Waals surface area contributed by atoms with Crippen LogP contribution < -0.4 is 10.2 Å². The highest BCUT2D eigenvalue weighted by molar-refractivity contribution is 7.40. The van der Waals surface area contributed by atoms with E-state index in [9.17, 15) is 14.2 Å². The molecule has 0 aliphatic carbocycles. The van der Waals surface area contributed by atoms with Crippen molar-refractivity contribution in [3.63, 3.8) is 0 Å². The fourth-order valence-electron chi connectivity index (χ4n) is 0.906. The topological polar surface area (TPSA) is 93.7 Å². The lowest BCUT2D eigenvalue weighted by molar-refractivity contribution is -0.142. The number of methoxy groups -OCH3 is 2. The molecule has 8 heteroatoms. The van der Waals surface area contributed by atoms with E-state index in [1.54, 1.807) is 0 Å². The van der Waals surface area contributed by atoms with Gasteiger partial charge in [0.1, 0.15) is 12.1 Å². The van der Waals surface area contributed by atoms with Gasteiger partial charge in [-0.3, -0.25) is 14.2 Å². The van der Waals surface area contributed by atoms with E-state index in [1.165, 1.54) is 28.1 Å². The molecule has 0 amide bonds. The maximum Gasteiger partial charge on any atom is 0.322 e. The van der Waals surface area contributed by atoms with Crippen LogP contribution in [0.1, 0.15) is 13.8 Å². The van der Waals surface area contributed by atoms with Crippen molar-refractivity contribution in [2.24, 2.45) is 0 Å². The molecule has 0 aliphatic rings. The molecule has 7 nitrogen and oxygen atoms in total. The molecule has 0 heterocycles. The molecule has 0 fully saturated rings. The second kappa shape index (κ2) is 7.38. The van der Waals surface area contributed by atoms with Crippen LogP contribution in [0.25, 0.3) is 0 Å². The van der Waals surface area contributed by atoms with Gasteiger partial charge in [-0.25, -0.2) is 10.2 Å². The largest absolute Gasteiger partial charge is 0.468 e. The van der Waals surface area contributed by atoms with Crippen molar-refractivity contribution in [3.05, 3.63) is 0 Å². The van der Waals surface area contributed by atoms with Gasteiger partial charge in [0, 0.05) is 0 Å². The molecule has 0 aromatic rings. The Morgan fingerprint density at radius 2 is 1.31 bits per heavy atom. The predicted octanol–water partition coefficient (Wildman–Crippen LogP) is -0.322. The van der Waals surface area contributed by atoms with Gasteiger partial charge in [-0.1, -0.05) is 0 Å². The van der Waals surface area contributed by atoms with E-state index in [2.05, 4.69) is 19.6 Å². The van der Waals surface area contributed by atoms with Crippen LogP contribution in [0.3, 0.4) is 0 Å². The Labute approximate surface area is 94.8 Å². The molecule has 0 aliphatic heterocycles. The molecule has 0 saturated heterocycles. The SMILES string of the molecule is COC(=O)[C@H](C)N[PH](=O)N[C@@H](C)C(=O)OC. The second-order valence-corrected chi connectivity index (χ2v) is 4.34. The van der Waals surface area contributed by atoms with Crippen LogP contribution in [0.4, 0.5) is 0 Å². The summed E-state index contributed by atoms with van der Waals surface area (Å²) in [7, 11) is 0.0281. The quantitative estimate of drug-likeness (QED) is 0.494. The van der Waals surface area contributed by atoms with Crippen LogP contribution in [-0.4, -0.2) is 38.2 Å². The van der Waals surface area contributed by atoms with Gasteiger partial charge in [-0.15, -0.1) is 0 Å². The lowest BCUT2D eigenvalue weighted by Crippen LogP contribution is -2.37. The number of hydrogen-bond acceptors (Lipinski definition) is 5. The molecule has 94 valence electrons. The van der Waals surface area contributed by atoms with Crippen molar-refractivity contribution < 1.29 is 23.6 Å². The van der Waals surface area contributed by atoms with Gasteiger partial charge in [-0.2, -0.15) is 0 Å². The van der Waals surface area contributed by atoms with Crippen molar-refractivity contribution in [1.29, 1.82) is 0 Å². The van der Waals surface area contributed by atoms with Crippen LogP contribution in [-0.2, 0) is 23.6 Å². The summed E-state index contributed by atoms with van der Waals surface area (Å²) in [5.74, 6) is -1.04. The van der Waals surface area contributed by atoms with Crippen LogP contribution in [0, 0.1) is 0 Å². The third-order valence-electron chi connectivity index (χ3n) is 1.80. The molecule has 0 unspecified atom stereocenters. The molecule has 0 bridgehead atoms. The van der Waals surface area contributed by atoms with Crippen molar-refractivity contribution in [2.75, 3.05) is 14.2 Å². The lowest BCUT2D eigenvalue weighted by atomic mass is 10.4. The summed E-state index contributed by atoms with van der Waals surface area (Å²) in [5.41, 5.74) is 0. The Hall–Kier alpha value is -0.910. The first-order valence-corrected chi connectivity index (χ1v) is 6.05. The maximum atomic E-state index is 11.5. The molecule has 2 atom stereocenters. The first-order chi connectivity index (χ1) is 7.42. The molecule has 0 rings (SSSR count). The van der Waals surface area contributed by atoms with E-state index in [0.717, 1.165) is 0 Å². The number of rotatable bonds is 6. The van der Waals surface area contributed by atoms with Gasteiger partial charge in [-0.05, 0) is 13.8 Å². The average molecular weight is 252 g/mol. The van der Waals surface area contributed by atoms with Crippen molar-refractivity contribution in [2.45, 2.75) is 25.9 Å². The molecule has 0 aromatic carbocycles. The molecular weight excluding hydrogens is 235 g/mol. The summed E-state index contributed by atoms with van der Waals surface area (Å²) in [6, 6.07) is -1.40. The highest BCUT2D eigenvalue weighted by Crippen LogP contribution is 2.11. The summed E-state index contributed by atoms with van der Waals surface area (Å²) in [5, 5.41) is 4.99. The fourth-order valence-corrected chi connectivity index (χ4v) is 2.01. The molecular formula is C8H17N2O5P. The number of nitrogens with one attached hydrogen (secondary N) is 2. The molecule has 0 spiro atoms. The van der Waals surface area contributed by atoms with Crippen molar-refractivity contribution in [3.8, 4) is 0 Å². The summed E-state index contributed by atoms with van der Waals surface area (Å²) in [6.07, 6.45) is 0. The second-order valence-electron chi connectivity index (χ2n) is 3.11. The van der Waals surface area contributed by atoms with Gasteiger partial charge in [0.25, 0.3) is 0 Å². The number of carbonyl (C=O) groups is 2. The van der Waals surface area contributed by atoms with E-state index in [0.29, 0.717) is 0 Å². The normalized spacial score (nSPS) is 14.3. The highest BCUT2D eigenvalue weighted by Gasteiger charge is 2.19. The molecule has 16 heavy (non-hydrogen) atoms. The molecule has 0 saturated carbocycles. The molecule has 2 N–H and O–H groups in total. The van der Waals surface area contributed by atoms with Crippen LogP contribution in [0.15, 0.2) is 0 Å². The predicted molar refractivity (Wildman–Crippen MR) is 58.2 cm³/mol. The van der Waals surface area contributed by atoms with Crippen LogP contribution in [0.5, 0.6) is 0 Å². The number of hydrogen-bond donors (Lipinski definition) is 2. The van der Waals surface area contributed by atoms with Crippen LogP contribution >= 0.6 is 8.10 Å². The third-order valence-corrected chi connectivity index (χ3v) is 3.20. The zero-order chi connectivity index (χ0) is 12.7. The zero-order valence-electron chi connectivity index (χ0n) is 9.70. The third kappa shape index (κ3) is 5.25. The summed E-state index contributed by atoms with van der Waals surface area (Å²) < 4.78 is 20.3. The van der Waals surface area contributed by atoms with E-state index in [1.807, 2.05) is 0 Å². The van der Waals surface area contributed by atoms with E-state index >= 15 is 0 Å². The lowest BCUT2D eigenvalue weighted by Gasteiger charge is -2.15. The van der Waals surface area contributed by atoms with Crippen molar-refractivity contribution in [1.82, 2.24) is 10.2 Å². The number of carbonyl (C=O) groups excluding carboxylic acids is 2. The highest BCUT2D eigenvalue weighted by atomic mass is 31.1. The smallest absolute Gasteiger partial charge is 0.322 e. The first kappa shape index (κ1) is 15.1. The number of esters is 2. The number of ether oxygens (including phenoxy) is 2. The Morgan fingerprint density at radius 1 is 1.00 bits per heavy atom. The fraction of sp³-hybridized carbons (Fsp3) is 0.750. The standard InChI is InChI=1S/C8H17N2O5P/c1-5(7(11)14-3)9-16(13)10-6(2)8(12)15-4/h5-6,16H,1-4H3,(H2,9,10,13)/t5-,6-/m0/s1. The average Bonchev–Trinajstić information content (AvgIpc) is 2.26. The Bertz CT molecular complexity index is 258. The Kier molecular flexibility index (Phi) is 6.96. The Morgan fingerprint density at radius 3 is 1.56 bits per heavy atom. The minimum atomic E-state index is -2.45. The Balaban J connectivity index is 4.08. The minimum Gasteiger partial charge on any atom is -0.468 e. The van der Waals surface area contributed by atoms with Gasteiger partial charge in [0.05, 0.1) is 14.2 Å². The van der Waals surface area contributed by atoms with Gasteiger partial charge < -0.3 is 9.47 Å². The summed E-state index contributed by atoms with van der Waals surface area (Å²) in [4.78, 5) is 22.0. The minimum absolute atomic E-state index is 0.522. The van der Waals surface area contributed by atoms with E-state index in [4.69, 9.17) is 0 Å². The monoisotopic (exact) mass is 252 g/mol. The van der Waals surface area contributed by atoms with Crippen LogP contribution in [0.2, 0.25) is 0 Å². The van der Waals surface area contributed by atoms with Crippen molar-refractivity contribution >= 4 is 20.0 Å². The molecule has 0 aromatic heterocycles. The van der Waals surface area contributed by atoms with E-state index in [-0.39, 0.29) is 0 Å². The van der Waals surface area contributed by atoms with E-state index < -0.39 is 32.1 Å². The van der Waals surface area contributed by atoms with Gasteiger partial charge in [0.2, 0.25) is 8.10 Å². The maximum absolute atomic E-state index is 11.5. The zero-order valence-corrected chi connectivity index (χ0v) is 10.7. The summed E-state index contributed by atoms with van der Waals surface area (Å²) >= 11 is 0.